The number of rotatable bonds is 8. The summed E-state index contributed by atoms with van der Waals surface area (Å²) in [6, 6.07) is 0. The predicted molar refractivity (Wildman–Crippen MR) is 57.3 cm³/mol. The molecule has 0 saturated carbocycles. The highest BCUT2D eigenvalue weighted by atomic mass is 16.5. The summed E-state index contributed by atoms with van der Waals surface area (Å²) in [5.74, 6) is 0. The topological polar surface area (TPSA) is 41.5 Å². The Kier molecular flexibility index (Phi) is 6.66. The van der Waals surface area contributed by atoms with Gasteiger partial charge in [0.25, 0.3) is 0 Å². The maximum atomic E-state index is 8.46. The number of ether oxygens (including phenoxy) is 1. The van der Waals surface area contributed by atoms with Crippen LogP contribution in [0.25, 0.3) is 0 Å². The molecule has 0 atom stereocenters. The molecule has 3 heteroatoms. The van der Waals surface area contributed by atoms with E-state index in [-0.39, 0.29) is 6.61 Å². The van der Waals surface area contributed by atoms with Crippen molar-refractivity contribution in [3.8, 4) is 0 Å². The maximum absolute atomic E-state index is 8.46. The maximum Gasteiger partial charge on any atom is 0.0698 e. The summed E-state index contributed by atoms with van der Waals surface area (Å²) in [5, 5.41) is 11.8. The molecule has 0 heterocycles. The Hall–Kier alpha value is -0.380. The zero-order valence-electron chi connectivity index (χ0n) is 8.80. The summed E-state index contributed by atoms with van der Waals surface area (Å²) in [4.78, 5) is 0. The van der Waals surface area contributed by atoms with Gasteiger partial charge in [-0.3, -0.25) is 0 Å². The highest BCUT2D eigenvalue weighted by Crippen LogP contribution is 2.19. The lowest BCUT2D eigenvalue weighted by atomic mass is 10.2. The number of nitrogens with one attached hydrogen (secondary N) is 1. The van der Waals surface area contributed by atoms with Crippen molar-refractivity contribution < 1.29 is 9.84 Å². The molecule has 0 bridgehead atoms. The van der Waals surface area contributed by atoms with Crippen LogP contribution in [0.15, 0.2) is 11.6 Å². The molecule has 0 aromatic rings. The van der Waals surface area contributed by atoms with E-state index in [1.807, 2.05) is 0 Å². The lowest BCUT2D eigenvalue weighted by Crippen LogP contribution is -2.21. The van der Waals surface area contributed by atoms with Gasteiger partial charge in [-0.2, -0.15) is 0 Å². The van der Waals surface area contributed by atoms with Crippen molar-refractivity contribution in [1.29, 1.82) is 0 Å². The molecule has 0 aromatic carbocycles. The van der Waals surface area contributed by atoms with E-state index in [1.54, 1.807) is 5.57 Å². The quantitative estimate of drug-likeness (QED) is 0.454. The van der Waals surface area contributed by atoms with E-state index in [4.69, 9.17) is 9.84 Å². The minimum absolute atomic E-state index is 0.118. The van der Waals surface area contributed by atoms with E-state index in [2.05, 4.69) is 11.4 Å². The van der Waals surface area contributed by atoms with E-state index in [1.165, 1.54) is 25.7 Å². The molecule has 0 fully saturated rings. The molecule has 14 heavy (non-hydrogen) atoms. The van der Waals surface area contributed by atoms with Gasteiger partial charge >= 0.3 is 0 Å². The van der Waals surface area contributed by atoms with Gasteiger partial charge in [-0.1, -0.05) is 11.6 Å². The minimum atomic E-state index is 0.118. The highest BCUT2D eigenvalue weighted by Gasteiger charge is 2.02. The molecule has 1 aliphatic carbocycles. The van der Waals surface area contributed by atoms with Crippen LogP contribution in [0.4, 0.5) is 0 Å². The SMILES string of the molecule is OCCOCCNCCC1=CCCC1. The zero-order valence-corrected chi connectivity index (χ0v) is 8.80. The van der Waals surface area contributed by atoms with Gasteiger partial charge in [-0.25, -0.2) is 0 Å². The van der Waals surface area contributed by atoms with E-state index in [0.29, 0.717) is 13.2 Å². The van der Waals surface area contributed by atoms with Crippen molar-refractivity contribution in [2.75, 3.05) is 32.9 Å². The molecule has 0 unspecified atom stereocenters. The molecule has 0 aromatic heterocycles. The highest BCUT2D eigenvalue weighted by molar-refractivity contribution is 5.07. The van der Waals surface area contributed by atoms with Crippen molar-refractivity contribution in [1.82, 2.24) is 5.32 Å². The Bertz CT molecular complexity index is 169. The summed E-state index contributed by atoms with van der Waals surface area (Å²) in [7, 11) is 0. The van der Waals surface area contributed by atoms with Gasteiger partial charge in [0.05, 0.1) is 19.8 Å². The van der Waals surface area contributed by atoms with Gasteiger partial charge < -0.3 is 15.2 Å². The van der Waals surface area contributed by atoms with Crippen LogP contribution in [0, 0.1) is 0 Å². The van der Waals surface area contributed by atoms with Crippen molar-refractivity contribution in [2.45, 2.75) is 25.7 Å². The predicted octanol–water partition coefficient (Wildman–Crippen LogP) is 1.09. The first-order valence-electron chi connectivity index (χ1n) is 5.50. The van der Waals surface area contributed by atoms with Crippen LogP contribution in [0.2, 0.25) is 0 Å². The van der Waals surface area contributed by atoms with Crippen LogP contribution in [0.1, 0.15) is 25.7 Å². The molecule has 0 saturated heterocycles. The third-order valence-corrected chi connectivity index (χ3v) is 2.42. The Labute approximate surface area is 86.2 Å². The molecule has 0 radical (unpaired) electrons. The third-order valence-electron chi connectivity index (χ3n) is 2.42. The lowest BCUT2D eigenvalue weighted by Gasteiger charge is -2.05. The van der Waals surface area contributed by atoms with Gasteiger partial charge in [0, 0.05) is 6.54 Å². The van der Waals surface area contributed by atoms with Crippen molar-refractivity contribution >= 4 is 0 Å². The second kappa shape index (κ2) is 7.97. The van der Waals surface area contributed by atoms with Crippen LogP contribution in [0.5, 0.6) is 0 Å². The second-order valence-electron chi connectivity index (χ2n) is 3.59. The van der Waals surface area contributed by atoms with Gasteiger partial charge in [0.2, 0.25) is 0 Å². The fourth-order valence-corrected chi connectivity index (χ4v) is 1.65. The van der Waals surface area contributed by atoms with Crippen LogP contribution in [0.3, 0.4) is 0 Å². The Balaban J connectivity index is 1.80. The number of aliphatic hydroxyl groups excluding tert-OH is 1. The van der Waals surface area contributed by atoms with E-state index in [9.17, 15) is 0 Å². The first kappa shape index (κ1) is 11.7. The zero-order chi connectivity index (χ0) is 10.1. The van der Waals surface area contributed by atoms with Gasteiger partial charge in [-0.05, 0) is 32.2 Å². The number of hydrogen-bond donors (Lipinski definition) is 2. The summed E-state index contributed by atoms with van der Waals surface area (Å²) < 4.78 is 5.13. The number of hydrogen-bond acceptors (Lipinski definition) is 3. The summed E-state index contributed by atoms with van der Waals surface area (Å²) in [6.45, 7) is 3.20. The van der Waals surface area contributed by atoms with Crippen LogP contribution >= 0.6 is 0 Å². The van der Waals surface area contributed by atoms with Gasteiger partial charge in [0.15, 0.2) is 0 Å². The van der Waals surface area contributed by atoms with E-state index in [0.717, 1.165) is 13.1 Å². The Morgan fingerprint density at radius 2 is 2.29 bits per heavy atom. The molecule has 0 spiro atoms. The summed E-state index contributed by atoms with van der Waals surface area (Å²) >= 11 is 0. The molecular weight excluding hydrogens is 178 g/mol. The molecule has 1 aliphatic rings. The number of allylic oxidation sites excluding steroid dienone is 1. The van der Waals surface area contributed by atoms with E-state index >= 15 is 0 Å². The second-order valence-corrected chi connectivity index (χ2v) is 3.59. The average molecular weight is 199 g/mol. The molecule has 82 valence electrons. The fourth-order valence-electron chi connectivity index (χ4n) is 1.65. The summed E-state index contributed by atoms with van der Waals surface area (Å²) in [5.41, 5.74) is 1.61. The minimum Gasteiger partial charge on any atom is -0.394 e. The number of aliphatic hydroxyl groups is 1. The largest absolute Gasteiger partial charge is 0.394 e. The Morgan fingerprint density at radius 3 is 3.00 bits per heavy atom. The van der Waals surface area contributed by atoms with Crippen LogP contribution in [-0.4, -0.2) is 38.0 Å². The van der Waals surface area contributed by atoms with E-state index < -0.39 is 0 Å². The molecule has 2 N–H and O–H groups in total. The van der Waals surface area contributed by atoms with Crippen LogP contribution < -0.4 is 5.32 Å². The Morgan fingerprint density at radius 1 is 1.36 bits per heavy atom. The van der Waals surface area contributed by atoms with Crippen molar-refractivity contribution in [3.05, 3.63) is 11.6 Å². The third kappa shape index (κ3) is 5.37. The molecular formula is C11H21NO2. The first-order chi connectivity index (χ1) is 6.93. The monoisotopic (exact) mass is 199 g/mol. The smallest absolute Gasteiger partial charge is 0.0698 e. The molecule has 3 nitrogen and oxygen atoms in total. The fraction of sp³-hybridized carbons (Fsp3) is 0.818. The normalized spacial score (nSPS) is 15.9. The first-order valence-corrected chi connectivity index (χ1v) is 5.50. The molecule has 0 amide bonds. The molecule has 0 aliphatic heterocycles. The lowest BCUT2D eigenvalue weighted by molar-refractivity contribution is 0.0940. The standard InChI is InChI=1S/C11H21NO2/c13-8-10-14-9-7-12-6-5-11-3-1-2-4-11/h3,12-13H,1-2,4-10H2. The van der Waals surface area contributed by atoms with Gasteiger partial charge in [0.1, 0.15) is 0 Å². The average Bonchev–Trinajstić information content (AvgIpc) is 2.69. The van der Waals surface area contributed by atoms with Crippen molar-refractivity contribution in [2.24, 2.45) is 0 Å². The van der Waals surface area contributed by atoms with Crippen LogP contribution in [-0.2, 0) is 4.74 Å². The summed E-state index contributed by atoms with van der Waals surface area (Å²) in [6.07, 6.45) is 7.45. The van der Waals surface area contributed by atoms with Gasteiger partial charge in [-0.15, -0.1) is 0 Å². The molecule has 1 rings (SSSR count). The van der Waals surface area contributed by atoms with Crippen molar-refractivity contribution in [3.63, 3.8) is 0 Å².